The molecule has 0 aliphatic carbocycles. The molecule has 0 aromatic heterocycles. The first-order valence-corrected chi connectivity index (χ1v) is 6.61. The summed E-state index contributed by atoms with van der Waals surface area (Å²) in [5.41, 5.74) is -0.701. The largest absolute Gasteiger partial charge is 0.465 e. The molecule has 0 spiro atoms. The fourth-order valence-electron chi connectivity index (χ4n) is 1.36. The summed E-state index contributed by atoms with van der Waals surface area (Å²) >= 11 is 0. The number of methoxy groups -OCH3 is 1. The van der Waals surface area contributed by atoms with E-state index in [1.807, 2.05) is 6.92 Å². The van der Waals surface area contributed by atoms with Crippen molar-refractivity contribution in [1.82, 2.24) is 5.32 Å². The maximum atomic E-state index is 11.8. The molecule has 19 heavy (non-hydrogen) atoms. The first-order chi connectivity index (χ1) is 9.10. The van der Waals surface area contributed by atoms with Gasteiger partial charge in [-0.25, -0.2) is 0 Å². The van der Waals surface area contributed by atoms with Crippen LogP contribution < -0.4 is 5.32 Å². The number of esters is 1. The van der Waals surface area contributed by atoms with Crippen LogP contribution >= 0.6 is 0 Å². The summed E-state index contributed by atoms with van der Waals surface area (Å²) in [6.45, 7) is 6.64. The second-order valence-corrected chi connectivity index (χ2v) is 4.27. The molecule has 6 heteroatoms. The highest BCUT2D eigenvalue weighted by molar-refractivity contribution is 5.80. The highest BCUT2D eigenvalue weighted by Crippen LogP contribution is 2.11. The summed E-state index contributed by atoms with van der Waals surface area (Å²) in [7, 11) is 3.37. The van der Waals surface area contributed by atoms with E-state index in [1.165, 1.54) is 0 Å². The third-order valence-electron chi connectivity index (χ3n) is 2.83. The monoisotopic (exact) mass is 277 g/mol. The van der Waals surface area contributed by atoms with Crippen LogP contribution in [-0.2, 0) is 23.7 Å². The lowest BCUT2D eigenvalue weighted by Gasteiger charge is -2.26. The number of nitrogens with one attached hydrogen (secondary N) is 1. The Labute approximate surface area is 115 Å². The van der Waals surface area contributed by atoms with Crippen LogP contribution in [0.5, 0.6) is 0 Å². The molecule has 1 N–H and O–H groups in total. The summed E-state index contributed by atoms with van der Waals surface area (Å²) in [6.07, 6.45) is 0.556. The second kappa shape index (κ2) is 11.2. The summed E-state index contributed by atoms with van der Waals surface area (Å²) in [5.74, 6) is -0.252. The number of likely N-dealkylation sites (N-methyl/N-ethyl adjacent to an activating group) is 1. The van der Waals surface area contributed by atoms with E-state index in [0.717, 1.165) is 0 Å². The molecular formula is C13H27NO5. The quantitative estimate of drug-likeness (QED) is 0.416. The van der Waals surface area contributed by atoms with Crippen LogP contribution in [0.2, 0.25) is 0 Å². The zero-order chi connectivity index (χ0) is 14.6. The highest BCUT2D eigenvalue weighted by atomic mass is 16.5. The Morgan fingerprint density at radius 3 is 2.21 bits per heavy atom. The minimum absolute atomic E-state index is 0.252. The zero-order valence-corrected chi connectivity index (χ0v) is 12.5. The normalized spacial score (nSPS) is 14.1. The van der Waals surface area contributed by atoms with Crippen molar-refractivity contribution in [3.05, 3.63) is 0 Å². The van der Waals surface area contributed by atoms with E-state index in [4.69, 9.17) is 18.9 Å². The number of hydrogen-bond donors (Lipinski definition) is 1. The molecule has 1 unspecified atom stereocenters. The SMILES string of the molecule is CCOC(=O)C(C)(CCOCCOCCOC)NC. The topological polar surface area (TPSA) is 66.0 Å². The van der Waals surface area contributed by atoms with E-state index in [0.29, 0.717) is 46.1 Å². The predicted octanol–water partition coefficient (Wildman–Crippen LogP) is 0.597. The lowest BCUT2D eigenvalue weighted by molar-refractivity contribution is -0.151. The number of hydrogen-bond acceptors (Lipinski definition) is 6. The Morgan fingerprint density at radius 1 is 1.11 bits per heavy atom. The zero-order valence-electron chi connectivity index (χ0n) is 12.5. The van der Waals surface area contributed by atoms with Gasteiger partial charge in [0, 0.05) is 13.7 Å². The molecule has 0 aromatic carbocycles. The third kappa shape index (κ3) is 8.15. The molecule has 0 saturated heterocycles. The highest BCUT2D eigenvalue weighted by Gasteiger charge is 2.32. The fraction of sp³-hybridized carbons (Fsp3) is 0.923. The van der Waals surface area contributed by atoms with Crippen molar-refractivity contribution in [2.75, 3.05) is 53.8 Å². The van der Waals surface area contributed by atoms with Crippen LogP contribution in [0.15, 0.2) is 0 Å². The van der Waals surface area contributed by atoms with Gasteiger partial charge in [0.15, 0.2) is 0 Å². The maximum absolute atomic E-state index is 11.8. The van der Waals surface area contributed by atoms with Crippen molar-refractivity contribution in [3.63, 3.8) is 0 Å². The van der Waals surface area contributed by atoms with E-state index in [2.05, 4.69) is 5.32 Å². The van der Waals surface area contributed by atoms with Gasteiger partial charge in [-0.3, -0.25) is 4.79 Å². The second-order valence-electron chi connectivity index (χ2n) is 4.27. The molecule has 0 fully saturated rings. The van der Waals surface area contributed by atoms with Gasteiger partial charge in [-0.05, 0) is 27.3 Å². The van der Waals surface area contributed by atoms with Gasteiger partial charge in [-0.1, -0.05) is 0 Å². The Hall–Kier alpha value is -0.690. The molecule has 0 aromatic rings. The van der Waals surface area contributed by atoms with Gasteiger partial charge in [-0.15, -0.1) is 0 Å². The smallest absolute Gasteiger partial charge is 0.326 e. The predicted molar refractivity (Wildman–Crippen MR) is 72.2 cm³/mol. The average Bonchev–Trinajstić information content (AvgIpc) is 2.41. The fourth-order valence-corrected chi connectivity index (χ4v) is 1.36. The van der Waals surface area contributed by atoms with Crippen molar-refractivity contribution in [2.24, 2.45) is 0 Å². The molecule has 6 nitrogen and oxygen atoms in total. The van der Waals surface area contributed by atoms with E-state index >= 15 is 0 Å². The molecule has 0 bridgehead atoms. The van der Waals surface area contributed by atoms with Gasteiger partial charge in [0.2, 0.25) is 0 Å². The first-order valence-electron chi connectivity index (χ1n) is 6.61. The van der Waals surface area contributed by atoms with Crippen molar-refractivity contribution < 1.29 is 23.7 Å². The summed E-state index contributed by atoms with van der Waals surface area (Å²) in [5, 5.41) is 2.98. The minimum atomic E-state index is -0.701. The molecule has 0 heterocycles. The third-order valence-corrected chi connectivity index (χ3v) is 2.83. The standard InChI is InChI=1S/C13H27NO5/c1-5-19-12(15)13(2,14-3)6-7-17-10-11-18-9-8-16-4/h14H,5-11H2,1-4H3. The van der Waals surface area contributed by atoms with Crippen LogP contribution in [0.1, 0.15) is 20.3 Å². The number of carbonyl (C=O) groups is 1. The molecule has 114 valence electrons. The Morgan fingerprint density at radius 2 is 1.68 bits per heavy atom. The Bertz CT molecular complexity index is 237. The first kappa shape index (κ1) is 18.3. The summed E-state index contributed by atoms with van der Waals surface area (Å²) < 4.78 is 20.6. The van der Waals surface area contributed by atoms with Gasteiger partial charge in [0.25, 0.3) is 0 Å². The van der Waals surface area contributed by atoms with Crippen molar-refractivity contribution in [2.45, 2.75) is 25.8 Å². The molecule has 0 aliphatic rings. The van der Waals surface area contributed by atoms with E-state index in [1.54, 1.807) is 21.1 Å². The van der Waals surface area contributed by atoms with Crippen LogP contribution in [-0.4, -0.2) is 65.3 Å². The maximum Gasteiger partial charge on any atom is 0.326 e. The molecule has 0 radical (unpaired) electrons. The molecule has 0 aliphatic heterocycles. The van der Waals surface area contributed by atoms with Crippen LogP contribution in [0, 0.1) is 0 Å². The summed E-state index contributed by atoms with van der Waals surface area (Å²) in [6, 6.07) is 0. The Kier molecular flexibility index (Phi) is 10.8. The van der Waals surface area contributed by atoms with Gasteiger partial charge in [-0.2, -0.15) is 0 Å². The van der Waals surface area contributed by atoms with Crippen LogP contribution in [0.4, 0.5) is 0 Å². The summed E-state index contributed by atoms with van der Waals surface area (Å²) in [4.78, 5) is 11.8. The average molecular weight is 277 g/mol. The van der Waals surface area contributed by atoms with Crippen molar-refractivity contribution in [3.8, 4) is 0 Å². The molecule has 0 saturated carbocycles. The van der Waals surface area contributed by atoms with Gasteiger partial charge >= 0.3 is 5.97 Å². The Balaban J connectivity index is 3.69. The number of rotatable bonds is 12. The van der Waals surface area contributed by atoms with Gasteiger partial charge in [0.1, 0.15) is 5.54 Å². The van der Waals surface area contributed by atoms with Crippen LogP contribution in [0.3, 0.4) is 0 Å². The lowest BCUT2D eigenvalue weighted by atomic mass is 9.99. The van der Waals surface area contributed by atoms with Crippen LogP contribution in [0.25, 0.3) is 0 Å². The molecule has 1 atom stereocenters. The van der Waals surface area contributed by atoms with Gasteiger partial charge in [0.05, 0.1) is 33.0 Å². The van der Waals surface area contributed by atoms with E-state index in [-0.39, 0.29) is 5.97 Å². The minimum Gasteiger partial charge on any atom is -0.465 e. The van der Waals surface area contributed by atoms with Crippen molar-refractivity contribution in [1.29, 1.82) is 0 Å². The van der Waals surface area contributed by atoms with E-state index in [9.17, 15) is 4.79 Å². The number of ether oxygens (including phenoxy) is 4. The molecule has 0 amide bonds. The lowest BCUT2D eigenvalue weighted by Crippen LogP contribution is -2.49. The molecule has 0 rings (SSSR count). The number of carbonyl (C=O) groups excluding carboxylic acids is 1. The molecular weight excluding hydrogens is 250 g/mol. The van der Waals surface area contributed by atoms with Crippen molar-refractivity contribution >= 4 is 5.97 Å². The van der Waals surface area contributed by atoms with E-state index < -0.39 is 5.54 Å². The van der Waals surface area contributed by atoms with Gasteiger partial charge < -0.3 is 24.3 Å².